The first-order valence-electron chi connectivity index (χ1n) is 6.74. The Morgan fingerprint density at radius 1 is 1.00 bits per heavy atom. The molecule has 0 radical (unpaired) electrons. The average Bonchev–Trinajstić information content (AvgIpc) is 2.84. The summed E-state index contributed by atoms with van der Waals surface area (Å²) in [5.41, 5.74) is 12.3. The fourth-order valence-corrected chi connectivity index (χ4v) is 2.71. The number of nitrogens with two attached hydrogens (primary N) is 1. The Labute approximate surface area is 128 Å². The van der Waals surface area contributed by atoms with Gasteiger partial charge in [0.15, 0.2) is 5.82 Å². The van der Waals surface area contributed by atoms with Gasteiger partial charge in [0.05, 0.1) is 11.3 Å². The Bertz CT molecular complexity index is 806. The lowest BCUT2D eigenvalue weighted by atomic mass is 9.95. The number of aryl methyl sites for hydroxylation is 2. The van der Waals surface area contributed by atoms with E-state index in [1.54, 1.807) is 0 Å². The number of nitrogens with one attached hydrogen (secondary N) is 1. The molecule has 0 aliphatic carbocycles. The predicted molar refractivity (Wildman–Crippen MR) is 88.4 cm³/mol. The van der Waals surface area contributed by atoms with Crippen LogP contribution in [0.3, 0.4) is 0 Å². The highest BCUT2D eigenvalue weighted by Crippen LogP contribution is 2.38. The number of aromatic nitrogens is 2. The van der Waals surface area contributed by atoms with Crippen molar-refractivity contribution >= 4 is 17.4 Å². The van der Waals surface area contributed by atoms with Gasteiger partial charge < -0.3 is 5.73 Å². The van der Waals surface area contributed by atoms with Crippen LogP contribution < -0.4 is 5.73 Å². The number of halogens is 1. The van der Waals surface area contributed by atoms with E-state index in [0.717, 1.165) is 33.5 Å². The van der Waals surface area contributed by atoms with Crippen LogP contribution in [0.25, 0.3) is 22.4 Å². The second-order valence-corrected chi connectivity index (χ2v) is 5.57. The quantitative estimate of drug-likeness (QED) is 0.726. The minimum atomic E-state index is 0.499. The Balaban J connectivity index is 2.27. The van der Waals surface area contributed by atoms with Gasteiger partial charge in [0.2, 0.25) is 0 Å². The Hall–Kier alpha value is -2.26. The van der Waals surface area contributed by atoms with Gasteiger partial charge in [-0.3, -0.25) is 5.10 Å². The Kier molecular flexibility index (Phi) is 3.43. The lowest BCUT2D eigenvalue weighted by molar-refractivity contribution is 1.10. The maximum Gasteiger partial charge on any atom is 0.153 e. The molecule has 3 N–H and O–H groups in total. The highest BCUT2D eigenvalue weighted by atomic mass is 35.5. The number of anilines is 1. The van der Waals surface area contributed by atoms with Crippen LogP contribution >= 0.6 is 11.6 Å². The fraction of sp³-hybridized carbons (Fsp3) is 0.118. The summed E-state index contributed by atoms with van der Waals surface area (Å²) < 4.78 is 0. The summed E-state index contributed by atoms with van der Waals surface area (Å²) in [6.45, 7) is 4.11. The van der Waals surface area contributed by atoms with Gasteiger partial charge in [-0.05, 0) is 42.7 Å². The number of hydrogen-bond acceptors (Lipinski definition) is 2. The molecule has 0 spiro atoms. The highest BCUT2D eigenvalue weighted by Gasteiger charge is 2.17. The maximum absolute atomic E-state index is 6.14. The van der Waals surface area contributed by atoms with Crippen molar-refractivity contribution in [2.75, 3.05) is 5.73 Å². The van der Waals surface area contributed by atoms with Gasteiger partial charge in [0, 0.05) is 10.6 Å². The van der Waals surface area contributed by atoms with Crippen LogP contribution in [0.4, 0.5) is 5.82 Å². The van der Waals surface area contributed by atoms with E-state index in [4.69, 9.17) is 17.3 Å². The molecule has 4 heteroatoms. The van der Waals surface area contributed by atoms with E-state index in [1.807, 2.05) is 37.3 Å². The molecule has 0 bridgehead atoms. The summed E-state index contributed by atoms with van der Waals surface area (Å²) in [6, 6.07) is 14.0. The van der Waals surface area contributed by atoms with Crippen molar-refractivity contribution in [2.45, 2.75) is 13.8 Å². The molecular formula is C17H16ClN3. The summed E-state index contributed by atoms with van der Waals surface area (Å²) in [5, 5.41) is 7.94. The third-order valence-corrected chi connectivity index (χ3v) is 3.91. The lowest BCUT2D eigenvalue weighted by Gasteiger charge is -2.10. The first kappa shape index (κ1) is 13.7. The van der Waals surface area contributed by atoms with E-state index in [0.29, 0.717) is 10.8 Å². The van der Waals surface area contributed by atoms with Crippen LogP contribution in [-0.2, 0) is 0 Å². The van der Waals surface area contributed by atoms with Crippen molar-refractivity contribution in [1.82, 2.24) is 10.2 Å². The third-order valence-electron chi connectivity index (χ3n) is 3.68. The van der Waals surface area contributed by atoms with Crippen LogP contribution in [0.2, 0.25) is 5.02 Å². The van der Waals surface area contributed by atoms with Crippen molar-refractivity contribution in [3.8, 4) is 22.4 Å². The van der Waals surface area contributed by atoms with E-state index in [9.17, 15) is 0 Å². The maximum atomic E-state index is 6.14. The van der Waals surface area contributed by atoms with E-state index in [-0.39, 0.29) is 0 Å². The molecule has 0 aliphatic rings. The van der Waals surface area contributed by atoms with Crippen molar-refractivity contribution in [2.24, 2.45) is 0 Å². The number of H-pyrrole nitrogens is 1. The molecule has 0 fully saturated rings. The lowest BCUT2D eigenvalue weighted by Crippen LogP contribution is -1.92. The van der Waals surface area contributed by atoms with Gasteiger partial charge in [0.25, 0.3) is 0 Å². The molecule has 0 atom stereocenters. The summed E-state index contributed by atoms with van der Waals surface area (Å²) in [5.74, 6) is 0.499. The van der Waals surface area contributed by atoms with Crippen LogP contribution in [0.1, 0.15) is 11.1 Å². The second kappa shape index (κ2) is 5.26. The van der Waals surface area contributed by atoms with Crippen LogP contribution in [0, 0.1) is 13.8 Å². The normalized spacial score (nSPS) is 10.8. The van der Waals surface area contributed by atoms with Gasteiger partial charge in [-0.25, -0.2) is 0 Å². The molecule has 3 aromatic rings. The number of nitrogen functional groups attached to an aromatic ring is 1. The standard InChI is InChI=1S/C17H16ClN3/c1-10-5-3-4-6-13(10)15-16(20-21-17(15)19)14-9-12(18)8-7-11(14)2/h3-9H,1-2H3,(H3,19,20,21). The number of nitrogens with zero attached hydrogens (tertiary/aromatic N) is 1. The van der Waals surface area contributed by atoms with E-state index in [1.165, 1.54) is 0 Å². The molecular weight excluding hydrogens is 282 g/mol. The molecule has 3 rings (SSSR count). The highest BCUT2D eigenvalue weighted by molar-refractivity contribution is 6.30. The van der Waals surface area contributed by atoms with Crippen LogP contribution in [-0.4, -0.2) is 10.2 Å². The van der Waals surface area contributed by atoms with Gasteiger partial charge >= 0.3 is 0 Å². The molecule has 1 heterocycles. The summed E-state index contributed by atoms with van der Waals surface area (Å²) in [7, 11) is 0. The van der Waals surface area contributed by atoms with Gasteiger partial charge in [0.1, 0.15) is 0 Å². The number of benzene rings is 2. The van der Waals surface area contributed by atoms with Crippen molar-refractivity contribution in [3.63, 3.8) is 0 Å². The minimum Gasteiger partial charge on any atom is -0.382 e. The zero-order chi connectivity index (χ0) is 15.0. The van der Waals surface area contributed by atoms with Gasteiger partial charge in [-0.2, -0.15) is 5.10 Å². The molecule has 3 nitrogen and oxygen atoms in total. The molecule has 0 amide bonds. The molecule has 1 aromatic heterocycles. The van der Waals surface area contributed by atoms with Gasteiger partial charge in [-0.15, -0.1) is 0 Å². The molecule has 0 aliphatic heterocycles. The van der Waals surface area contributed by atoms with Crippen molar-refractivity contribution in [3.05, 3.63) is 58.6 Å². The predicted octanol–water partition coefficient (Wildman–Crippen LogP) is 4.60. The Morgan fingerprint density at radius 3 is 2.48 bits per heavy atom. The van der Waals surface area contributed by atoms with Gasteiger partial charge in [-0.1, -0.05) is 41.9 Å². The monoisotopic (exact) mass is 297 g/mol. The smallest absolute Gasteiger partial charge is 0.153 e. The number of rotatable bonds is 2. The van der Waals surface area contributed by atoms with Crippen molar-refractivity contribution in [1.29, 1.82) is 0 Å². The first-order valence-corrected chi connectivity index (χ1v) is 7.12. The number of hydrogen-bond donors (Lipinski definition) is 2. The van der Waals surface area contributed by atoms with Crippen LogP contribution in [0.15, 0.2) is 42.5 Å². The van der Waals surface area contributed by atoms with Crippen LogP contribution in [0.5, 0.6) is 0 Å². The molecule has 0 saturated carbocycles. The summed E-state index contributed by atoms with van der Waals surface area (Å²) in [4.78, 5) is 0. The van der Waals surface area contributed by atoms with E-state index >= 15 is 0 Å². The minimum absolute atomic E-state index is 0.499. The first-order chi connectivity index (χ1) is 10.1. The molecule has 106 valence electrons. The van der Waals surface area contributed by atoms with Crippen molar-refractivity contribution < 1.29 is 0 Å². The molecule has 2 aromatic carbocycles. The molecule has 21 heavy (non-hydrogen) atoms. The zero-order valence-electron chi connectivity index (χ0n) is 11.9. The number of aromatic amines is 1. The zero-order valence-corrected chi connectivity index (χ0v) is 12.7. The van der Waals surface area contributed by atoms with E-state index < -0.39 is 0 Å². The summed E-state index contributed by atoms with van der Waals surface area (Å²) >= 11 is 6.14. The second-order valence-electron chi connectivity index (χ2n) is 5.13. The fourth-order valence-electron chi connectivity index (χ4n) is 2.54. The Morgan fingerprint density at radius 2 is 1.71 bits per heavy atom. The largest absolute Gasteiger partial charge is 0.382 e. The molecule has 0 unspecified atom stereocenters. The topological polar surface area (TPSA) is 54.7 Å². The summed E-state index contributed by atoms with van der Waals surface area (Å²) in [6.07, 6.45) is 0. The van der Waals surface area contributed by atoms with E-state index in [2.05, 4.69) is 29.3 Å². The third kappa shape index (κ3) is 2.41. The molecule has 0 saturated heterocycles. The average molecular weight is 298 g/mol. The SMILES string of the molecule is Cc1ccc(Cl)cc1-c1[nH]nc(N)c1-c1ccccc1C.